The number of ether oxygens (including phenoxy) is 1. The van der Waals surface area contributed by atoms with E-state index in [0.717, 1.165) is 75.9 Å². The molecule has 0 bridgehead atoms. The van der Waals surface area contributed by atoms with Crippen LogP contribution in [0.25, 0.3) is 0 Å². The lowest BCUT2D eigenvalue weighted by Crippen LogP contribution is -2.46. The summed E-state index contributed by atoms with van der Waals surface area (Å²) < 4.78 is 44.0. The van der Waals surface area contributed by atoms with E-state index in [9.17, 15) is 18.0 Å². The average Bonchev–Trinajstić information content (AvgIpc) is 3.00. The fraction of sp³-hybridized carbons (Fsp3) is 0.609. The van der Waals surface area contributed by atoms with E-state index >= 15 is 0 Å². The Morgan fingerprint density at radius 3 is 2.33 bits per heavy atom. The predicted octanol–water partition coefficient (Wildman–Crippen LogP) is 5.24. The summed E-state index contributed by atoms with van der Waals surface area (Å²) in [6, 6.07) is 5.36. The molecule has 30 heavy (non-hydrogen) atoms. The number of piperidine rings is 1. The first kappa shape index (κ1) is 21.2. The molecule has 2 saturated heterocycles. The van der Waals surface area contributed by atoms with Crippen molar-refractivity contribution in [3.8, 4) is 0 Å². The van der Waals surface area contributed by atoms with Crippen molar-refractivity contribution >= 4 is 6.09 Å². The summed E-state index contributed by atoms with van der Waals surface area (Å²) in [5.41, 5.74) is 1.14. The van der Waals surface area contributed by atoms with Crippen LogP contribution in [0.3, 0.4) is 0 Å². The minimum Gasteiger partial charge on any atom is -0.441 e. The van der Waals surface area contributed by atoms with Gasteiger partial charge in [0.05, 0.1) is 12.1 Å². The van der Waals surface area contributed by atoms with Crippen molar-refractivity contribution in [2.45, 2.75) is 56.8 Å². The Morgan fingerprint density at radius 2 is 1.73 bits per heavy atom. The fourth-order valence-electron chi connectivity index (χ4n) is 4.85. The number of carbonyl (C=O) groups is 1. The van der Waals surface area contributed by atoms with E-state index in [1.54, 1.807) is 12.1 Å². The lowest BCUT2D eigenvalue weighted by molar-refractivity contribution is -0.137. The summed E-state index contributed by atoms with van der Waals surface area (Å²) in [5, 5.41) is 0. The highest BCUT2D eigenvalue weighted by atomic mass is 19.4. The highest BCUT2D eigenvalue weighted by Crippen LogP contribution is 2.36. The van der Waals surface area contributed by atoms with Gasteiger partial charge in [0.1, 0.15) is 5.60 Å². The lowest BCUT2D eigenvalue weighted by atomic mass is 9.86. The summed E-state index contributed by atoms with van der Waals surface area (Å²) in [4.78, 5) is 16.6. The molecule has 0 N–H and O–H groups in total. The van der Waals surface area contributed by atoms with Gasteiger partial charge in [0, 0.05) is 39.0 Å². The molecule has 1 spiro atoms. The Balaban J connectivity index is 1.27. The standard InChI is InChI=1S/C23H29F3N2O2/c1-17-2-4-19(5-3-17)15-28-16-22(30-21(28)29)10-12-27(13-11-22)14-18-6-8-20(9-7-18)23(24,25)26/h6-9,19H,1-5,10-16H2. The van der Waals surface area contributed by atoms with Gasteiger partial charge >= 0.3 is 12.3 Å². The molecule has 0 radical (unpaired) electrons. The summed E-state index contributed by atoms with van der Waals surface area (Å²) in [5.74, 6) is 0.526. The molecule has 2 aliphatic heterocycles. The molecule has 4 rings (SSSR count). The predicted molar refractivity (Wildman–Crippen MR) is 108 cm³/mol. The van der Waals surface area contributed by atoms with Gasteiger partial charge in [-0.3, -0.25) is 4.90 Å². The topological polar surface area (TPSA) is 32.8 Å². The summed E-state index contributed by atoms with van der Waals surface area (Å²) in [6.07, 6.45) is 1.31. The third kappa shape index (κ3) is 4.82. The van der Waals surface area contributed by atoms with Crippen molar-refractivity contribution in [2.24, 2.45) is 5.92 Å². The number of allylic oxidation sites excluding steroid dienone is 1. The quantitative estimate of drug-likeness (QED) is 0.622. The molecule has 3 fully saturated rings. The van der Waals surface area contributed by atoms with E-state index in [1.165, 1.54) is 5.57 Å². The van der Waals surface area contributed by atoms with Crippen LogP contribution in [0, 0.1) is 5.92 Å². The van der Waals surface area contributed by atoms with Gasteiger partial charge in [-0.15, -0.1) is 0 Å². The number of benzene rings is 1. The normalized spacial score (nSPS) is 23.2. The van der Waals surface area contributed by atoms with Crippen molar-refractivity contribution in [2.75, 3.05) is 26.2 Å². The van der Waals surface area contributed by atoms with E-state index in [-0.39, 0.29) is 6.09 Å². The molecule has 0 aromatic heterocycles. The fourth-order valence-corrected chi connectivity index (χ4v) is 4.85. The zero-order valence-electron chi connectivity index (χ0n) is 17.2. The average molecular weight is 422 g/mol. The number of hydrogen-bond acceptors (Lipinski definition) is 3. The molecule has 4 nitrogen and oxygen atoms in total. The smallest absolute Gasteiger partial charge is 0.416 e. The summed E-state index contributed by atoms with van der Waals surface area (Å²) in [7, 11) is 0. The maximum Gasteiger partial charge on any atom is 0.416 e. The van der Waals surface area contributed by atoms with E-state index in [2.05, 4.69) is 11.5 Å². The minimum absolute atomic E-state index is 0.199. The van der Waals surface area contributed by atoms with Crippen LogP contribution < -0.4 is 0 Å². The molecule has 1 amide bonds. The summed E-state index contributed by atoms with van der Waals surface area (Å²) >= 11 is 0. The van der Waals surface area contributed by atoms with Gasteiger partial charge in [0.25, 0.3) is 0 Å². The zero-order chi connectivity index (χ0) is 21.4. The SMILES string of the molecule is C=C1CCC(CN2CC3(CCN(Cc4ccc(C(F)(F)F)cc4)CC3)OC2=O)CC1. The first-order valence-electron chi connectivity index (χ1n) is 10.8. The highest BCUT2D eigenvalue weighted by Gasteiger charge is 2.47. The van der Waals surface area contributed by atoms with Gasteiger partial charge in [-0.25, -0.2) is 4.79 Å². The molecule has 0 unspecified atom stereocenters. The van der Waals surface area contributed by atoms with Gasteiger partial charge in [-0.05, 0) is 49.3 Å². The van der Waals surface area contributed by atoms with Crippen molar-refractivity contribution in [3.05, 3.63) is 47.5 Å². The maximum absolute atomic E-state index is 12.7. The lowest BCUT2D eigenvalue weighted by Gasteiger charge is -2.37. The van der Waals surface area contributed by atoms with Crippen molar-refractivity contribution in [1.82, 2.24) is 9.80 Å². The van der Waals surface area contributed by atoms with Crippen LogP contribution in [0.1, 0.15) is 49.7 Å². The molecule has 1 aromatic carbocycles. The molecule has 164 valence electrons. The highest BCUT2D eigenvalue weighted by molar-refractivity contribution is 5.70. The number of nitrogens with zero attached hydrogens (tertiary/aromatic N) is 2. The zero-order valence-corrected chi connectivity index (χ0v) is 17.2. The second-order valence-electron chi connectivity index (χ2n) is 9.10. The van der Waals surface area contributed by atoms with E-state index in [1.807, 2.05) is 4.90 Å². The number of carbonyl (C=O) groups excluding carboxylic acids is 1. The van der Waals surface area contributed by atoms with Crippen LogP contribution in [0.2, 0.25) is 0 Å². The third-order valence-electron chi connectivity index (χ3n) is 6.79. The van der Waals surface area contributed by atoms with E-state index in [4.69, 9.17) is 4.74 Å². The molecule has 1 aromatic rings. The number of likely N-dealkylation sites (tertiary alicyclic amines) is 1. The number of alkyl halides is 3. The first-order valence-corrected chi connectivity index (χ1v) is 10.8. The second-order valence-corrected chi connectivity index (χ2v) is 9.10. The van der Waals surface area contributed by atoms with Gasteiger partial charge in [0.2, 0.25) is 0 Å². The van der Waals surface area contributed by atoms with Crippen LogP contribution in [-0.4, -0.2) is 47.7 Å². The molecule has 1 saturated carbocycles. The van der Waals surface area contributed by atoms with Crippen LogP contribution >= 0.6 is 0 Å². The van der Waals surface area contributed by atoms with Gasteiger partial charge in [-0.1, -0.05) is 24.3 Å². The molecule has 7 heteroatoms. The Bertz CT molecular complexity index is 773. The van der Waals surface area contributed by atoms with Crippen LogP contribution in [0.5, 0.6) is 0 Å². The minimum atomic E-state index is -4.31. The van der Waals surface area contributed by atoms with Gasteiger partial charge in [-0.2, -0.15) is 13.2 Å². The molecule has 2 heterocycles. The monoisotopic (exact) mass is 422 g/mol. The third-order valence-corrected chi connectivity index (χ3v) is 6.79. The Labute approximate surface area is 175 Å². The number of halogens is 3. The van der Waals surface area contributed by atoms with Crippen molar-refractivity contribution < 1.29 is 22.7 Å². The molecule has 1 aliphatic carbocycles. The first-order chi connectivity index (χ1) is 14.2. The Hall–Kier alpha value is -2.02. The van der Waals surface area contributed by atoms with Crippen molar-refractivity contribution in [1.29, 1.82) is 0 Å². The largest absolute Gasteiger partial charge is 0.441 e. The second kappa shape index (κ2) is 8.25. The van der Waals surface area contributed by atoms with Crippen LogP contribution in [0.4, 0.5) is 18.0 Å². The summed E-state index contributed by atoms with van der Waals surface area (Å²) in [6.45, 7) is 7.62. The molecular formula is C23H29F3N2O2. The van der Waals surface area contributed by atoms with E-state index < -0.39 is 17.3 Å². The molecular weight excluding hydrogens is 393 g/mol. The van der Waals surface area contributed by atoms with E-state index in [0.29, 0.717) is 19.0 Å². The number of hydrogen-bond donors (Lipinski definition) is 0. The Kier molecular flexibility index (Phi) is 5.84. The number of rotatable bonds is 4. The number of amides is 1. The van der Waals surface area contributed by atoms with Crippen LogP contribution in [-0.2, 0) is 17.5 Å². The van der Waals surface area contributed by atoms with Crippen LogP contribution in [0.15, 0.2) is 36.4 Å². The van der Waals surface area contributed by atoms with Gasteiger partial charge in [0.15, 0.2) is 0 Å². The Morgan fingerprint density at radius 1 is 1.10 bits per heavy atom. The maximum atomic E-state index is 12.7. The van der Waals surface area contributed by atoms with Crippen molar-refractivity contribution in [3.63, 3.8) is 0 Å². The molecule has 0 atom stereocenters. The van der Waals surface area contributed by atoms with Gasteiger partial charge < -0.3 is 9.64 Å². The molecule has 3 aliphatic rings.